The van der Waals surface area contributed by atoms with Crippen LogP contribution in [0, 0.1) is 0 Å². The topological polar surface area (TPSA) is 79.0 Å². The van der Waals surface area contributed by atoms with Gasteiger partial charge in [-0.05, 0) is 0 Å². The number of fused-ring (bicyclic) bond motifs is 1. The number of imidazole rings is 1. The summed E-state index contributed by atoms with van der Waals surface area (Å²) in [4.78, 5) is 20.5. The maximum atomic E-state index is 5.15. The van der Waals surface area contributed by atoms with E-state index in [0.29, 0.717) is 5.65 Å². The molecule has 7 heteroatoms. The van der Waals surface area contributed by atoms with Crippen LogP contribution in [0.25, 0.3) is 11.2 Å². The van der Waals surface area contributed by atoms with Crippen molar-refractivity contribution in [1.82, 2.24) is 25.0 Å². The first kappa shape index (κ1) is 11.7. The van der Waals surface area contributed by atoms with E-state index in [2.05, 4.69) is 25.3 Å². The van der Waals surface area contributed by atoms with Gasteiger partial charge in [0.15, 0.2) is 11.5 Å². The van der Waals surface area contributed by atoms with Gasteiger partial charge in [0, 0.05) is 19.6 Å². The van der Waals surface area contributed by atoms with Crippen LogP contribution in [0.2, 0.25) is 0 Å². The zero-order chi connectivity index (χ0) is 12.1. The quantitative estimate of drug-likeness (QED) is 0.717. The van der Waals surface area contributed by atoms with Crippen molar-refractivity contribution in [3.8, 4) is 0 Å². The summed E-state index contributed by atoms with van der Waals surface area (Å²) >= 11 is 0. The predicted octanol–water partition coefficient (Wildman–Crippen LogP) is 0.648. The van der Waals surface area contributed by atoms with Crippen LogP contribution < -0.4 is 5.32 Å². The minimum Gasteiger partial charge on any atom is -0.367 e. The monoisotopic (exact) mass is 236 g/mol. The lowest BCUT2D eigenvalue weighted by atomic mass is 10.4. The Labute approximate surface area is 99.2 Å². The molecule has 0 radical (unpaired) electrons. The maximum Gasteiger partial charge on any atom is 0.182 e. The molecule has 0 unspecified atom stereocenters. The summed E-state index contributed by atoms with van der Waals surface area (Å²) in [5, 5.41) is 5.09. The van der Waals surface area contributed by atoms with E-state index in [9.17, 15) is 0 Å². The Kier molecular flexibility index (Phi) is 3.84. The summed E-state index contributed by atoms with van der Waals surface area (Å²) in [7, 11) is 1.67. The molecule has 2 N–H and O–H groups in total. The molecule has 2 aromatic heterocycles. The Morgan fingerprint density at radius 2 is 2.29 bits per heavy atom. The molecule has 0 aliphatic carbocycles. The maximum absolute atomic E-state index is 5.15. The van der Waals surface area contributed by atoms with E-state index in [0.717, 1.165) is 31.0 Å². The second-order valence-corrected chi connectivity index (χ2v) is 3.45. The second-order valence-electron chi connectivity index (χ2n) is 3.45. The van der Waals surface area contributed by atoms with Crippen LogP contribution >= 0.6 is 0 Å². The summed E-state index contributed by atoms with van der Waals surface area (Å²) in [5.74, 6) is 0.764. The molecular weight excluding hydrogens is 220 g/mol. The number of aromatic amines is 1. The van der Waals surface area contributed by atoms with Crippen LogP contribution in [0.15, 0.2) is 12.7 Å². The Balaban J connectivity index is 1.97. The van der Waals surface area contributed by atoms with Gasteiger partial charge in [0.2, 0.25) is 0 Å². The number of hydrogen-bond donors (Lipinski definition) is 2. The number of anilines is 1. The van der Waals surface area contributed by atoms with Crippen molar-refractivity contribution in [1.29, 1.82) is 0 Å². The first-order valence-electron chi connectivity index (χ1n) is 5.52. The Morgan fingerprint density at radius 3 is 3.06 bits per heavy atom. The average molecular weight is 236 g/mol. The third-order valence-electron chi connectivity index (χ3n) is 2.49. The van der Waals surface area contributed by atoms with Gasteiger partial charge < -0.3 is 15.1 Å². The lowest BCUT2D eigenvalue weighted by Crippen LogP contribution is -2.28. The first-order valence-corrected chi connectivity index (χ1v) is 5.52. The highest BCUT2D eigenvalue weighted by molar-refractivity contribution is 5.81. The molecule has 0 saturated carbocycles. The number of H-pyrrole nitrogens is 1. The van der Waals surface area contributed by atoms with Crippen molar-refractivity contribution < 1.29 is 4.84 Å². The van der Waals surface area contributed by atoms with E-state index in [1.165, 1.54) is 6.33 Å². The third kappa shape index (κ3) is 2.69. The third-order valence-corrected chi connectivity index (χ3v) is 2.49. The summed E-state index contributed by atoms with van der Waals surface area (Å²) in [6, 6.07) is 0. The van der Waals surface area contributed by atoms with Gasteiger partial charge in [0.05, 0.1) is 13.4 Å². The lowest BCUT2D eigenvalue weighted by molar-refractivity contribution is -0.124. The largest absolute Gasteiger partial charge is 0.367 e. The molecule has 7 nitrogen and oxygen atoms in total. The van der Waals surface area contributed by atoms with E-state index in [1.807, 2.05) is 12.0 Å². The Bertz CT molecular complexity index is 467. The van der Waals surface area contributed by atoms with Crippen LogP contribution in [-0.2, 0) is 4.84 Å². The molecule has 2 rings (SSSR count). The van der Waals surface area contributed by atoms with Gasteiger partial charge in [-0.15, -0.1) is 0 Å². The average Bonchev–Trinajstić information content (AvgIpc) is 2.83. The molecule has 0 saturated heterocycles. The second kappa shape index (κ2) is 5.55. The summed E-state index contributed by atoms with van der Waals surface area (Å²) in [5.41, 5.74) is 1.49. The van der Waals surface area contributed by atoms with Gasteiger partial charge in [-0.25, -0.2) is 15.0 Å². The van der Waals surface area contributed by atoms with E-state index in [-0.39, 0.29) is 0 Å². The molecule has 2 aromatic rings. The van der Waals surface area contributed by atoms with Crippen LogP contribution in [0.4, 0.5) is 5.82 Å². The molecule has 0 fully saturated rings. The van der Waals surface area contributed by atoms with Crippen molar-refractivity contribution in [3.63, 3.8) is 0 Å². The normalized spacial score (nSPS) is 11.2. The van der Waals surface area contributed by atoms with Crippen molar-refractivity contribution in [2.75, 3.05) is 32.1 Å². The smallest absolute Gasteiger partial charge is 0.182 e. The zero-order valence-corrected chi connectivity index (χ0v) is 9.97. The molecule has 0 atom stereocenters. The number of hydroxylamine groups is 2. The minimum absolute atomic E-state index is 0.668. The molecule has 2 heterocycles. The fourth-order valence-corrected chi connectivity index (χ4v) is 1.58. The number of nitrogens with zero attached hydrogens (tertiary/aromatic N) is 4. The van der Waals surface area contributed by atoms with Crippen molar-refractivity contribution in [3.05, 3.63) is 12.7 Å². The summed E-state index contributed by atoms with van der Waals surface area (Å²) in [6.45, 7) is 4.42. The molecule has 0 aromatic carbocycles. The number of likely N-dealkylation sites (N-methyl/N-ethyl adjacent to an activating group) is 1. The van der Waals surface area contributed by atoms with Crippen LogP contribution in [0.3, 0.4) is 0 Å². The highest BCUT2D eigenvalue weighted by Crippen LogP contribution is 2.13. The van der Waals surface area contributed by atoms with Crippen LogP contribution in [0.5, 0.6) is 0 Å². The lowest BCUT2D eigenvalue weighted by Gasteiger charge is -2.17. The molecular formula is C10H16N6O. The molecule has 92 valence electrons. The summed E-state index contributed by atoms with van der Waals surface area (Å²) < 4.78 is 0. The van der Waals surface area contributed by atoms with Crippen molar-refractivity contribution >= 4 is 17.0 Å². The van der Waals surface area contributed by atoms with Crippen LogP contribution in [0.1, 0.15) is 6.92 Å². The van der Waals surface area contributed by atoms with Gasteiger partial charge in [0.25, 0.3) is 0 Å². The molecule has 0 aliphatic heterocycles. The number of rotatable bonds is 6. The Morgan fingerprint density at radius 1 is 1.41 bits per heavy atom. The van der Waals surface area contributed by atoms with Gasteiger partial charge in [-0.2, -0.15) is 5.06 Å². The molecule has 0 bridgehead atoms. The zero-order valence-electron chi connectivity index (χ0n) is 9.97. The van der Waals surface area contributed by atoms with E-state index in [4.69, 9.17) is 4.84 Å². The van der Waals surface area contributed by atoms with Crippen molar-refractivity contribution in [2.45, 2.75) is 6.92 Å². The van der Waals surface area contributed by atoms with Crippen molar-refractivity contribution in [2.24, 2.45) is 0 Å². The first-order chi connectivity index (χ1) is 8.35. The van der Waals surface area contributed by atoms with Gasteiger partial charge >= 0.3 is 0 Å². The highest BCUT2D eigenvalue weighted by Gasteiger charge is 2.05. The molecule has 0 amide bonds. The molecule has 17 heavy (non-hydrogen) atoms. The van der Waals surface area contributed by atoms with Gasteiger partial charge in [-0.1, -0.05) is 6.92 Å². The fraction of sp³-hybridized carbons (Fsp3) is 0.500. The molecule has 0 spiro atoms. The van der Waals surface area contributed by atoms with E-state index < -0.39 is 0 Å². The number of nitrogens with one attached hydrogen (secondary N) is 2. The number of aromatic nitrogens is 4. The van der Waals surface area contributed by atoms with Gasteiger partial charge in [0.1, 0.15) is 11.8 Å². The minimum atomic E-state index is 0.668. The predicted molar refractivity (Wildman–Crippen MR) is 64.4 cm³/mol. The standard InChI is InChI=1S/C10H16N6O/c1-3-16(17-2)5-4-11-9-8-10(13-6-12-8)15-7-14-9/h6-7H,3-5H2,1-2H3,(H2,11,12,13,14,15). The summed E-state index contributed by atoms with van der Waals surface area (Å²) in [6.07, 6.45) is 3.11. The molecule has 0 aliphatic rings. The van der Waals surface area contributed by atoms with Gasteiger partial charge in [-0.3, -0.25) is 0 Å². The Hall–Kier alpha value is -1.73. The van der Waals surface area contributed by atoms with E-state index >= 15 is 0 Å². The number of hydrogen-bond acceptors (Lipinski definition) is 6. The van der Waals surface area contributed by atoms with Crippen LogP contribution in [-0.4, -0.2) is 51.7 Å². The highest BCUT2D eigenvalue weighted by atomic mass is 16.7. The van der Waals surface area contributed by atoms with E-state index in [1.54, 1.807) is 13.4 Å². The fourth-order valence-electron chi connectivity index (χ4n) is 1.58. The SMILES string of the molecule is CCN(CCNc1ncnc2nc[nH]c12)OC.